The van der Waals surface area contributed by atoms with Crippen LogP contribution in [-0.2, 0) is 4.74 Å². The molecule has 0 aliphatic carbocycles. The van der Waals surface area contributed by atoms with Crippen molar-refractivity contribution in [3.8, 4) is 5.75 Å². The minimum absolute atomic E-state index is 0.195. The summed E-state index contributed by atoms with van der Waals surface area (Å²) in [6.07, 6.45) is 3.29. The maximum Gasteiger partial charge on any atom is 0.338 e. The Bertz CT molecular complexity index is 771. The highest BCUT2D eigenvalue weighted by Gasteiger charge is 2.07. The van der Waals surface area contributed by atoms with Crippen molar-refractivity contribution in [2.45, 2.75) is 0 Å². The van der Waals surface area contributed by atoms with Crippen LogP contribution in [0.4, 0.5) is 0 Å². The van der Waals surface area contributed by atoms with Crippen LogP contribution in [0.25, 0.3) is 10.8 Å². The van der Waals surface area contributed by atoms with Gasteiger partial charge in [0, 0.05) is 6.20 Å². The Hall–Kier alpha value is -2.88. The van der Waals surface area contributed by atoms with E-state index in [1.54, 1.807) is 30.6 Å². The number of carbonyl (C=O) groups excluding carboxylic acids is 1. The number of aromatic nitrogens is 1. The summed E-state index contributed by atoms with van der Waals surface area (Å²) in [5, 5.41) is 2.11. The number of nitrogens with zero attached hydrogens (tertiary/aromatic N) is 1. The number of benzene rings is 2. The number of fused-ring (bicyclic) bond motifs is 1. The molecule has 0 N–H and O–H groups in total. The molecule has 110 valence electrons. The van der Waals surface area contributed by atoms with E-state index in [9.17, 15) is 4.79 Å². The maximum absolute atomic E-state index is 12.0. The van der Waals surface area contributed by atoms with E-state index in [4.69, 9.17) is 9.47 Å². The zero-order valence-electron chi connectivity index (χ0n) is 11.9. The van der Waals surface area contributed by atoms with Crippen molar-refractivity contribution in [1.29, 1.82) is 0 Å². The smallest absolute Gasteiger partial charge is 0.338 e. The molecule has 0 aliphatic heterocycles. The Labute approximate surface area is 128 Å². The number of carbonyl (C=O) groups is 1. The Balaban J connectivity index is 1.54. The largest absolute Gasteiger partial charge is 0.488 e. The van der Waals surface area contributed by atoms with Crippen LogP contribution >= 0.6 is 0 Å². The third-order valence-electron chi connectivity index (χ3n) is 3.20. The third-order valence-corrected chi connectivity index (χ3v) is 3.20. The van der Waals surface area contributed by atoms with Gasteiger partial charge in [-0.05, 0) is 35.0 Å². The van der Waals surface area contributed by atoms with Crippen molar-refractivity contribution >= 4 is 16.7 Å². The molecule has 1 heterocycles. The van der Waals surface area contributed by atoms with Crippen molar-refractivity contribution < 1.29 is 14.3 Å². The van der Waals surface area contributed by atoms with Crippen LogP contribution in [0.3, 0.4) is 0 Å². The fourth-order valence-corrected chi connectivity index (χ4v) is 2.13. The number of esters is 1. The summed E-state index contributed by atoms with van der Waals surface area (Å²) >= 11 is 0. The molecule has 4 heteroatoms. The van der Waals surface area contributed by atoms with Gasteiger partial charge in [-0.1, -0.05) is 30.3 Å². The Morgan fingerprint density at radius 2 is 1.82 bits per heavy atom. The molecule has 3 rings (SSSR count). The third kappa shape index (κ3) is 3.41. The molecule has 0 radical (unpaired) electrons. The van der Waals surface area contributed by atoms with Gasteiger partial charge in [-0.15, -0.1) is 0 Å². The van der Waals surface area contributed by atoms with Gasteiger partial charge in [0.2, 0.25) is 0 Å². The van der Waals surface area contributed by atoms with Crippen molar-refractivity contribution in [2.24, 2.45) is 0 Å². The van der Waals surface area contributed by atoms with E-state index in [0.29, 0.717) is 17.9 Å². The number of pyridine rings is 1. The minimum Gasteiger partial charge on any atom is -0.488 e. The molecule has 4 nitrogen and oxygen atoms in total. The number of rotatable bonds is 5. The van der Waals surface area contributed by atoms with Crippen molar-refractivity contribution in [3.05, 3.63) is 72.6 Å². The average molecular weight is 293 g/mol. The first kappa shape index (κ1) is 14.1. The van der Waals surface area contributed by atoms with Crippen LogP contribution in [0.5, 0.6) is 5.75 Å². The molecular weight excluding hydrogens is 278 g/mol. The first-order chi connectivity index (χ1) is 10.8. The highest BCUT2D eigenvalue weighted by Crippen LogP contribution is 2.16. The topological polar surface area (TPSA) is 48.4 Å². The summed E-state index contributed by atoms with van der Waals surface area (Å²) in [4.78, 5) is 16.0. The van der Waals surface area contributed by atoms with Crippen molar-refractivity contribution in [1.82, 2.24) is 4.98 Å². The second-order valence-corrected chi connectivity index (χ2v) is 4.74. The lowest BCUT2D eigenvalue weighted by Crippen LogP contribution is -2.12. The SMILES string of the molecule is O=C(OCCOc1cccnc1)c1ccc2ccccc2c1. The number of hydrogen-bond donors (Lipinski definition) is 0. The standard InChI is InChI=1S/C18H15NO3/c20-18(22-11-10-21-17-6-3-9-19-13-17)16-8-7-14-4-1-2-5-15(14)12-16/h1-9,12-13H,10-11H2. The lowest BCUT2D eigenvalue weighted by molar-refractivity contribution is 0.0450. The normalized spacial score (nSPS) is 10.4. The molecule has 22 heavy (non-hydrogen) atoms. The van der Waals surface area contributed by atoms with Gasteiger partial charge in [0.15, 0.2) is 0 Å². The lowest BCUT2D eigenvalue weighted by Gasteiger charge is -2.07. The maximum atomic E-state index is 12.0. The Morgan fingerprint density at radius 3 is 2.64 bits per heavy atom. The molecule has 1 aromatic heterocycles. The first-order valence-electron chi connectivity index (χ1n) is 7.02. The molecular formula is C18H15NO3. The van der Waals surface area contributed by atoms with E-state index >= 15 is 0 Å². The number of hydrogen-bond acceptors (Lipinski definition) is 4. The lowest BCUT2D eigenvalue weighted by atomic mass is 10.1. The second-order valence-electron chi connectivity index (χ2n) is 4.74. The average Bonchev–Trinajstić information content (AvgIpc) is 2.59. The fourth-order valence-electron chi connectivity index (χ4n) is 2.13. The quantitative estimate of drug-likeness (QED) is 0.534. The second kappa shape index (κ2) is 6.72. The fraction of sp³-hybridized carbons (Fsp3) is 0.111. The van der Waals surface area contributed by atoms with Gasteiger partial charge >= 0.3 is 5.97 Å². The van der Waals surface area contributed by atoms with E-state index in [2.05, 4.69) is 4.98 Å². The predicted octanol–water partition coefficient (Wildman–Crippen LogP) is 3.47. The van der Waals surface area contributed by atoms with Gasteiger partial charge in [-0.25, -0.2) is 4.79 Å². The Morgan fingerprint density at radius 1 is 0.955 bits per heavy atom. The monoisotopic (exact) mass is 293 g/mol. The van der Waals surface area contributed by atoms with E-state index in [0.717, 1.165) is 10.8 Å². The van der Waals surface area contributed by atoms with E-state index in [1.807, 2.05) is 36.4 Å². The molecule has 0 amide bonds. The van der Waals surface area contributed by atoms with Crippen LogP contribution in [-0.4, -0.2) is 24.2 Å². The molecule has 0 saturated carbocycles. The summed E-state index contributed by atoms with van der Waals surface area (Å²) in [7, 11) is 0. The molecule has 0 fully saturated rings. The van der Waals surface area contributed by atoms with Gasteiger partial charge in [-0.2, -0.15) is 0 Å². The molecule has 0 atom stereocenters. The van der Waals surface area contributed by atoms with Crippen LogP contribution in [0.2, 0.25) is 0 Å². The molecule has 0 saturated heterocycles. The van der Waals surface area contributed by atoms with E-state index in [-0.39, 0.29) is 12.6 Å². The molecule has 0 bridgehead atoms. The molecule has 0 unspecified atom stereocenters. The van der Waals surface area contributed by atoms with Gasteiger partial charge in [0.1, 0.15) is 19.0 Å². The molecule has 2 aromatic carbocycles. The summed E-state index contributed by atoms with van der Waals surface area (Å²) in [6.45, 7) is 0.492. The first-order valence-corrected chi connectivity index (χ1v) is 7.02. The Kier molecular flexibility index (Phi) is 4.30. The molecule has 3 aromatic rings. The summed E-state index contributed by atoms with van der Waals surface area (Å²) < 4.78 is 10.6. The van der Waals surface area contributed by atoms with E-state index in [1.165, 1.54) is 0 Å². The van der Waals surface area contributed by atoms with E-state index < -0.39 is 0 Å². The zero-order chi connectivity index (χ0) is 15.2. The number of ether oxygens (including phenoxy) is 2. The van der Waals surface area contributed by atoms with Gasteiger partial charge in [0.05, 0.1) is 11.8 Å². The summed E-state index contributed by atoms with van der Waals surface area (Å²) in [5.74, 6) is 0.310. The summed E-state index contributed by atoms with van der Waals surface area (Å²) in [6, 6.07) is 17.0. The van der Waals surface area contributed by atoms with Gasteiger partial charge < -0.3 is 9.47 Å². The van der Waals surface area contributed by atoms with Gasteiger partial charge in [-0.3, -0.25) is 4.98 Å². The van der Waals surface area contributed by atoms with Crippen LogP contribution in [0.15, 0.2) is 67.0 Å². The predicted molar refractivity (Wildman–Crippen MR) is 84.0 cm³/mol. The van der Waals surface area contributed by atoms with Crippen molar-refractivity contribution in [2.75, 3.05) is 13.2 Å². The van der Waals surface area contributed by atoms with Crippen molar-refractivity contribution in [3.63, 3.8) is 0 Å². The highest BCUT2D eigenvalue weighted by atomic mass is 16.6. The zero-order valence-corrected chi connectivity index (χ0v) is 11.9. The molecule has 0 spiro atoms. The van der Waals surface area contributed by atoms with Crippen LogP contribution < -0.4 is 4.74 Å². The molecule has 0 aliphatic rings. The minimum atomic E-state index is -0.347. The highest BCUT2D eigenvalue weighted by molar-refractivity contribution is 5.95. The van der Waals surface area contributed by atoms with Crippen LogP contribution in [0.1, 0.15) is 10.4 Å². The van der Waals surface area contributed by atoms with Gasteiger partial charge in [0.25, 0.3) is 0 Å². The summed E-state index contributed by atoms with van der Waals surface area (Å²) in [5.41, 5.74) is 0.542. The van der Waals surface area contributed by atoms with Crippen LogP contribution in [0, 0.1) is 0 Å².